The van der Waals surface area contributed by atoms with Gasteiger partial charge in [0.05, 0.1) is 6.04 Å². The van der Waals surface area contributed by atoms with Gasteiger partial charge in [0.25, 0.3) is 0 Å². The Morgan fingerprint density at radius 2 is 2.00 bits per heavy atom. The van der Waals surface area contributed by atoms with Crippen LogP contribution in [0.3, 0.4) is 0 Å². The molecule has 0 aromatic heterocycles. The van der Waals surface area contributed by atoms with Gasteiger partial charge in [-0.05, 0) is 46.3 Å². The lowest BCUT2D eigenvalue weighted by atomic mass is 10.2. The van der Waals surface area contributed by atoms with Crippen molar-refractivity contribution in [3.63, 3.8) is 0 Å². The van der Waals surface area contributed by atoms with E-state index >= 15 is 0 Å². The van der Waals surface area contributed by atoms with E-state index in [1.165, 1.54) is 0 Å². The van der Waals surface area contributed by atoms with Crippen LogP contribution in [-0.4, -0.2) is 56.0 Å². The summed E-state index contributed by atoms with van der Waals surface area (Å²) in [5, 5.41) is 2.88. The number of nitrogen functional groups attached to an aromatic ring is 1. The fourth-order valence-corrected chi connectivity index (χ4v) is 1.61. The first kappa shape index (κ1) is 15.5. The predicted octanol–water partition coefficient (Wildman–Crippen LogP) is 1.09. The lowest BCUT2D eigenvalue weighted by Gasteiger charge is -2.25. The quantitative estimate of drug-likeness (QED) is 0.755. The number of hydrogen-bond acceptors (Lipinski definition) is 4. The lowest BCUT2D eigenvalue weighted by molar-refractivity contribution is -0.120. The van der Waals surface area contributed by atoms with Crippen LogP contribution in [0.4, 0.5) is 11.4 Å². The third kappa shape index (κ3) is 5.28. The molecule has 0 spiro atoms. The Labute approximate surface area is 115 Å². The van der Waals surface area contributed by atoms with E-state index in [9.17, 15) is 4.79 Å². The third-order valence-corrected chi connectivity index (χ3v) is 3.09. The zero-order valence-electron chi connectivity index (χ0n) is 12.2. The van der Waals surface area contributed by atoms with Gasteiger partial charge in [-0.3, -0.25) is 9.69 Å². The van der Waals surface area contributed by atoms with Crippen molar-refractivity contribution in [1.82, 2.24) is 9.80 Å². The number of amides is 1. The number of nitrogens with zero attached hydrogens (tertiary/aromatic N) is 2. The number of anilines is 2. The van der Waals surface area contributed by atoms with E-state index in [0.29, 0.717) is 5.69 Å². The average molecular weight is 264 g/mol. The molecule has 1 atom stereocenters. The summed E-state index contributed by atoms with van der Waals surface area (Å²) in [5.74, 6) is -0.0214. The molecule has 0 bridgehead atoms. The van der Waals surface area contributed by atoms with Gasteiger partial charge in [-0.15, -0.1) is 0 Å². The predicted molar refractivity (Wildman–Crippen MR) is 80.1 cm³/mol. The van der Waals surface area contributed by atoms with Crippen LogP contribution in [0.25, 0.3) is 0 Å². The summed E-state index contributed by atoms with van der Waals surface area (Å²) in [7, 11) is 5.99. The number of hydrogen-bond donors (Lipinski definition) is 2. The monoisotopic (exact) mass is 264 g/mol. The fourth-order valence-electron chi connectivity index (χ4n) is 1.61. The number of nitrogens with one attached hydrogen (secondary N) is 1. The molecule has 1 aromatic carbocycles. The number of carbonyl (C=O) groups excluding carboxylic acids is 1. The zero-order chi connectivity index (χ0) is 14.4. The van der Waals surface area contributed by atoms with Crippen LogP contribution in [0.15, 0.2) is 24.3 Å². The molecule has 0 aliphatic carbocycles. The van der Waals surface area contributed by atoms with Crippen LogP contribution in [0.2, 0.25) is 0 Å². The molecule has 3 N–H and O–H groups in total. The van der Waals surface area contributed by atoms with Gasteiger partial charge >= 0.3 is 0 Å². The molecule has 0 aliphatic rings. The highest BCUT2D eigenvalue weighted by atomic mass is 16.2. The summed E-state index contributed by atoms with van der Waals surface area (Å²) in [6.07, 6.45) is 0. The van der Waals surface area contributed by atoms with E-state index in [0.717, 1.165) is 18.8 Å². The Morgan fingerprint density at radius 1 is 1.32 bits per heavy atom. The fraction of sp³-hybridized carbons (Fsp3) is 0.500. The van der Waals surface area contributed by atoms with Gasteiger partial charge in [0.15, 0.2) is 0 Å². The van der Waals surface area contributed by atoms with Crippen molar-refractivity contribution >= 4 is 17.3 Å². The van der Waals surface area contributed by atoms with Gasteiger partial charge in [-0.1, -0.05) is 6.07 Å². The van der Waals surface area contributed by atoms with E-state index in [4.69, 9.17) is 5.73 Å². The summed E-state index contributed by atoms with van der Waals surface area (Å²) < 4.78 is 0. The van der Waals surface area contributed by atoms with Crippen molar-refractivity contribution in [2.24, 2.45) is 0 Å². The van der Waals surface area contributed by atoms with Crippen molar-refractivity contribution in [2.75, 3.05) is 45.3 Å². The maximum atomic E-state index is 12.1. The third-order valence-electron chi connectivity index (χ3n) is 3.09. The topological polar surface area (TPSA) is 61.6 Å². The molecule has 1 aromatic rings. The molecule has 0 radical (unpaired) electrons. The summed E-state index contributed by atoms with van der Waals surface area (Å²) in [6, 6.07) is 7.03. The van der Waals surface area contributed by atoms with Crippen LogP contribution < -0.4 is 11.1 Å². The summed E-state index contributed by atoms with van der Waals surface area (Å²) in [6.45, 7) is 3.67. The Bertz CT molecular complexity index is 420. The smallest absolute Gasteiger partial charge is 0.241 e. The summed E-state index contributed by atoms with van der Waals surface area (Å²) in [4.78, 5) is 16.2. The lowest BCUT2D eigenvalue weighted by Crippen LogP contribution is -2.42. The number of nitrogens with two attached hydrogens (primary N) is 1. The van der Waals surface area contributed by atoms with Crippen LogP contribution in [0.5, 0.6) is 0 Å². The Hall–Kier alpha value is -1.59. The number of likely N-dealkylation sites (N-methyl/N-ethyl adjacent to an activating group) is 2. The van der Waals surface area contributed by atoms with Gasteiger partial charge < -0.3 is 16.0 Å². The average Bonchev–Trinajstić information content (AvgIpc) is 2.34. The minimum absolute atomic E-state index is 0.0214. The van der Waals surface area contributed by atoms with Crippen molar-refractivity contribution in [1.29, 1.82) is 0 Å². The van der Waals surface area contributed by atoms with Gasteiger partial charge in [0.1, 0.15) is 0 Å². The van der Waals surface area contributed by atoms with Crippen molar-refractivity contribution in [3.8, 4) is 0 Å². The van der Waals surface area contributed by atoms with E-state index in [1.807, 2.05) is 45.1 Å². The molecule has 0 aliphatic heterocycles. The molecule has 0 saturated carbocycles. The Morgan fingerprint density at radius 3 is 2.58 bits per heavy atom. The highest BCUT2D eigenvalue weighted by molar-refractivity contribution is 5.94. The van der Waals surface area contributed by atoms with Gasteiger partial charge in [-0.25, -0.2) is 0 Å². The molecule has 5 nitrogen and oxygen atoms in total. The molecule has 1 unspecified atom stereocenters. The first-order valence-electron chi connectivity index (χ1n) is 6.41. The molecule has 106 valence electrons. The maximum absolute atomic E-state index is 12.1. The molecular weight excluding hydrogens is 240 g/mol. The molecule has 1 rings (SSSR count). The van der Waals surface area contributed by atoms with Crippen LogP contribution in [0.1, 0.15) is 6.92 Å². The Kier molecular flexibility index (Phi) is 5.79. The van der Waals surface area contributed by atoms with Gasteiger partial charge in [0, 0.05) is 24.5 Å². The highest BCUT2D eigenvalue weighted by Crippen LogP contribution is 2.12. The molecular formula is C14H24N4O. The first-order chi connectivity index (χ1) is 8.90. The number of rotatable bonds is 6. The van der Waals surface area contributed by atoms with Crippen LogP contribution in [0, 0.1) is 0 Å². The molecule has 1 amide bonds. The maximum Gasteiger partial charge on any atom is 0.241 e. The van der Waals surface area contributed by atoms with E-state index in [1.54, 1.807) is 12.1 Å². The van der Waals surface area contributed by atoms with Crippen molar-refractivity contribution < 1.29 is 4.79 Å². The summed E-state index contributed by atoms with van der Waals surface area (Å²) >= 11 is 0. The highest BCUT2D eigenvalue weighted by Gasteiger charge is 2.17. The standard InChI is InChI=1S/C14H24N4O/c1-11(18(4)9-8-17(2)3)14(19)16-13-7-5-6-12(15)10-13/h5-7,10-11H,8-9,15H2,1-4H3,(H,16,19). The molecule has 0 heterocycles. The normalized spacial score (nSPS) is 12.7. The van der Waals surface area contributed by atoms with Crippen LogP contribution >= 0.6 is 0 Å². The Balaban J connectivity index is 2.52. The van der Waals surface area contributed by atoms with E-state index in [2.05, 4.69) is 10.2 Å². The molecule has 5 heteroatoms. The zero-order valence-corrected chi connectivity index (χ0v) is 12.2. The minimum Gasteiger partial charge on any atom is -0.399 e. The largest absolute Gasteiger partial charge is 0.399 e. The second-order valence-electron chi connectivity index (χ2n) is 5.07. The molecule has 19 heavy (non-hydrogen) atoms. The second-order valence-corrected chi connectivity index (χ2v) is 5.07. The van der Waals surface area contributed by atoms with Gasteiger partial charge in [-0.2, -0.15) is 0 Å². The van der Waals surface area contributed by atoms with Crippen molar-refractivity contribution in [3.05, 3.63) is 24.3 Å². The number of carbonyl (C=O) groups is 1. The van der Waals surface area contributed by atoms with E-state index < -0.39 is 0 Å². The van der Waals surface area contributed by atoms with E-state index in [-0.39, 0.29) is 11.9 Å². The van der Waals surface area contributed by atoms with Gasteiger partial charge in [0.2, 0.25) is 5.91 Å². The molecule has 0 fully saturated rings. The van der Waals surface area contributed by atoms with Crippen LogP contribution in [-0.2, 0) is 4.79 Å². The second kappa shape index (κ2) is 7.11. The summed E-state index contributed by atoms with van der Waals surface area (Å²) in [5.41, 5.74) is 7.06. The SMILES string of the molecule is CC(C(=O)Nc1cccc(N)c1)N(C)CCN(C)C. The number of benzene rings is 1. The van der Waals surface area contributed by atoms with Crippen molar-refractivity contribution in [2.45, 2.75) is 13.0 Å². The first-order valence-corrected chi connectivity index (χ1v) is 6.41. The molecule has 0 saturated heterocycles. The minimum atomic E-state index is -0.179.